The van der Waals surface area contributed by atoms with Gasteiger partial charge in [-0.05, 0) is 48.4 Å². The van der Waals surface area contributed by atoms with Crippen LogP contribution in [0.2, 0.25) is 0 Å². The molecule has 0 amide bonds. The van der Waals surface area contributed by atoms with E-state index in [1.807, 2.05) is 13.0 Å². The Morgan fingerprint density at radius 3 is 2.79 bits per heavy atom. The Kier molecular flexibility index (Phi) is 2.55. The second kappa shape index (κ2) is 3.70. The van der Waals surface area contributed by atoms with Gasteiger partial charge in [-0.1, -0.05) is 13.0 Å². The van der Waals surface area contributed by atoms with Crippen LogP contribution in [0.4, 0.5) is 4.39 Å². The van der Waals surface area contributed by atoms with Gasteiger partial charge in [0.1, 0.15) is 5.82 Å². The molecule has 0 saturated heterocycles. The standard InChI is InChI=1S/C12H16FN/c1-2-8-7-10(13)5-6-11(8)12(14)9-3-4-9/h5-7,9,12H,2-4,14H2,1H3. The van der Waals surface area contributed by atoms with E-state index in [1.54, 1.807) is 6.07 Å². The average molecular weight is 193 g/mol. The predicted molar refractivity (Wildman–Crippen MR) is 55.4 cm³/mol. The van der Waals surface area contributed by atoms with Crippen molar-refractivity contribution in [3.05, 3.63) is 35.1 Å². The van der Waals surface area contributed by atoms with E-state index in [4.69, 9.17) is 5.73 Å². The van der Waals surface area contributed by atoms with Crippen LogP contribution in [-0.4, -0.2) is 0 Å². The molecule has 1 aliphatic carbocycles. The van der Waals surface area contributed by atoms with Crippen LogP contribution in [-0.2, 0) is 6.42 Å². The molecule has 0 aromatic heterocycles. The van der Waals surface area contributed by atoms with Crippen molar-refractivity contribution in [3.8, 4) is 0 Å². The van der Waals surface area contributed by atoms with Crippen molar-refractivity contribution in [3.63, 3.8) is 0 Å². The highest BCUT2D eigenvalue weighted by molar-refractivity contribution is 5.31. The molecule has 0 radical (unpaired) electrons. The molecule has 1 aromatic rings. The number of benzene rings is 1. The molecule has 76 valence electrons. The van der Waals surface area contributed by atoms with Crippen LogP contribution in [0.5, 0.6) is 0 Å². The van der Waals surface area contributed by atoms with Gasteiger partial charge in [0.15, 0.2) is 0 Å². The van der Waals surface area contributed by atoms with Crippen molar-refractivity contribution < 1.29 is 4.39 Å². The van der Waals surface area contributed by atoms with E-state index in [-0.39, 0.29) is 11.9 Å². The number of nitrogens with two attached hydrogens (primary N) is 1. The van der Waals surface area contributed by atoms with Gasteiger partial charge in [0.2, 0.25) is 0 Å². The maximum absolute atomic E-state index is 13.0. The molecule has 1 aromatic carbocycles. The summed E-state index contributed by atoms with van der Waals surface area (Å²) in [5.74, 6) is 0.472. The van der Waals surface area contributed by atoms with Gasteiger partial charge < -0.3 is 5.73 Å². The summed E-state index contributed by atoms with van der Waals surface area (Å²) in [6, 6.07) is 5.08. The fourth-order valence-corrected chi connectivity index (χ4v) is 1.91. The van der Waals surface area contributed by atoms with Gasteiger partial charge in [0.25, 0.3) is 0 Å². The highest BCUT2D eigenvalue weighted by Crippen LogP contribution is 2.40. The fourth-order valence-electron chi connectivity index (χ4n) is 1.91. The Morgan fingerprint density at radius 1 is 1.50 bits per heavy atom. The lowest BCUT2D eigenvalue weighted by atomic mass is 9.96. The van der Waals surface area contributed by atoms with Crippen molar-refractivity contribution in [2.24, 2.45) is 11.7 Å². The second-order valence-corrected chi connectivity index (χ2v) is 4.06. The zero-order valence-corrected chi connectivity index (χ0v) is 8.46. The predicted octanol–water partition coefficient (Wildman–Crippen LogP) is 2.80. The summed E-state index contributed by atoms with van der Waals surface area (Å²) >= 11 is 0. The number of halogens is 1. The van der Waals surface area contributed by atoms with E-state index in [0.717, 1.165) is 17.5 Å². The fraction of sp³-hybridized carbons (Fsp3) is 0.500. The zero-order chi connectivity index (χ0) is 10.1. The van der Waals surface area contributed by atoms with Crippen LogP contribution in [0.25, 0.3) is 0 Å². The first-order chi connectivity index (χ1) is 6.72. The minimum absolute atomic E-state index is 0.116. The van der Waals surface area contributed by atoms with Gasteiger partial charge in [-0.25, -0.2) is 4.39 Å². The first-order valence-corrected chi connectivity index (χ1v) is 5.26. The smallest absolute Gasteiger partial charge is 0.123 e. The van der Waals surface area contributed by atoms with Crippen molar-refractivity contribution >= 4 is 0 Å². The molecule has 0 spiro atoms. The van der Waals surface area contributed by atoms with Crippen LogP contribution in [0.1, 0.15) is 36.9 Å². The SMILES string of the molecule is CCc1cc(F)ccc1C(N)C1CC1. The van der Waals surface area contributed by atoms with Gasteiger partial charge >= 0.3 is 0 Å². The van der Waals surface area contributed by atoms with Gasteiger partial charge in [0, 0.05) is 6.04 Å². The van der Waals surface area contributed by atoms with Crippen LogP contribution in [0, 0.1) is 11.7 Å². The average Bonchev–Trinajstić information content (AvgIpc) is 3.00. The summed E-state index contributed by atoms with van der Waals surface area (Å²) < 4.78 is 13.0. The number of aryl methyl sites for hydroxylation is 1. The molecular formula is C12H16FN. The third-order valence-electron chi connectivity index (χ3n) is 2.97. The van der Waals surface area contributed by atoms with Crippen molar-refractivity contribution in [2.75, 3.05) is 0 Å². The molecular weight excluding hydrogens is 177 g/mol. The van der Waals surface area contributed by atoms with E-state index in [2.05, 4.69) is 0 Å². The lowest BCUT2D eigenvalue weighted by Gasteiger charge is -2.15. The maximum Gasteiger partial charge on any atom is 0.123 e. The molecule has 1 aliphatic rings. The largest absolute Gasteiger partial charge is 0.324 e. The van der Waals surface area contributed by atoms with Crippen LogP contribution in [0.3, 0.4) is 0 Å². The Hall–Kier alpha value is -0.890. The van der Waals surface area contributed by atoms with Crippen LogP contribution in [0.15, 0.2) is 18.2 Å². The molecule has 0 heterocycles. The Balaban J connectivity index is 2.30. The Labute approximate surface area is 84.1 Å². The van der Waals surface area contributed by atoms with Crippen molar-refractivity contribution in [1.29, 1.82) is 0 Å². The first kappa shape index (κ1) is 9.66. The van der Waals surface area contributed by atoms with Gasteiger partial charge in [0.05, 0.1) is 0 Å². The summed E-state index contributed by atoms with van der Waals surface area (Å²) in [4.78, 5) is 0. The zero-order valence-electron chi connectivity index (χ0n) is 8.46. The van der Waals surface area contributed by atoms with E-state index in [0.29, 0.717) is 5.92 Å². The minimum atomic E-state index is -0.159. The van der Waals surface area contributed by atoms with E-state index < -0.39 is 0 Å². The quantitative estimate of drug-likeness (QED) is 0.784. The van der Waals surface area contributed by atoms with Crippen LogP contribution < -0.4 is 5.73 Å². The first-order valence-electron chi connectivity index (χ1n) is 5.26. The number of rotatable bonds is 3. The Bertz CT molecular complexity index is 331. The highest BCUT2D eigenvalue weighted by Gasteiger charge is 2.30. The van der Waals surface area contributed by atoms with Crippen LogP contribution >= 0.6 is 0 Å². The molecule has 0 aliphatic heterocycles. The molecule has 1 unspecified atom stereocenters. The van der Waals surface area contributed by atoms with Gasteiger partial charge in [-0.3, -0.25) is 0 Å². The third-order valence-corrected chi connectivity index (χ3v) is 2.97. The second-order valence-electron chi connectivity index (χ2n) is 4.06. The maximum atomic E-state index is 13.0. The summed E-state index contributed by atoms with van der Waals surface area (Å²) in [5.41, 5.74) is 8.30. The topological polar surface area (TPSA) is 26.0 Å². The molecule has 1 nitrogen and oxygen atoms in total. The molecule has 1 saturated carbocycles. The van der Waals surface area contributed by atoms with Gasteiger partial charge in [-0.15, -0.1) is 0 Å². The molecule has 1 atom stereocenters. The summed E-state index contributed by atoms with van der Waals surface area (Å²) in [6.45, 7) is 2.04. The summed E-state index contributed by atoms with van der Waals surface area (Å²) in [6.07, 6.45) is 3.30. The summed E-state index contributed by atoms with van der Waals surface area (Å²) in [5, 5.41) is 0. The molecule has 2 rings (SSSR count). The van der Waals surface area contributed by atoms with E-state index >= 15 is 0 Å². The monoisotopic (exact) mass is 193 g/mol. The summed E-state index contributed by atoms with van der Waals surface area (Å²) in [7, 11) is 0. The number of hydrogen-bond donors (Lipinski definition) is 1. The molecule has 2 N–H and O–H groups in total. The van der Waals surface area contributed by atoms with E-state index in [1.165, 1.54) is 18.9 Å². The molecule has 14 heavy (non-hydrogen) atoms. The lowest BCUT2D eigenvalue weighted by molar-refractivity contribution is 0.606. The van der Waals surface area contributed by atoms with Crippen molar-refractivity contribution in [2.45, 2.75) is 32.2 Å². The lowest BCUT2D eigenvalue weighted by Crippen LogP contribution is -2.14. The number of hydrogen-bond acceptors (Lipinski definition) is 1. The molecule has 0 bridgehead atoms. The Morgan fingerprint density at radius 2 is 2.21 bits per heavy atom. The minimum Gasteiger partial charge on any atom is -0.324 e. The van der Waals surface area contributed by atoms with Gasteiger partial charge in [-0.2, -0.15) is 0 Å². The molecule has 1 fully saturated rings. The van der Waals surface area contributed by atoms with Crippen molar-refractivity contribution in [1.82, 2.24) is 0 Å². The normalized spacial score (nSPS) is 18.2. The molecule has 2 heteroatoms. The van der Waals surface area contributed by atoms with E-state index in [9.17, 15) is 4.39 Å². The highest BCUT2D eigenvalue weighted by atomic mass is 19.1. The third kappa shape index (κ3) is 1.80.